The van der Waals surface area contributed by atoms with Crippen LogP contribution in [-0.2, 0) is 4.74 Å². The number of alkyl carbamates (subject to hydrolysis) is 1. The van der Waals surface area contributed by atoms with Gasteiger partial charge >= 0.3 is 6.09 Å². The summed E-state index contributed by atoms with van der Waals surface area (Å²) in [6, 6.07) is 13.7. The largest absolute Gasteiger partial charge is 0.492 e. The first-order chi connectivity index (χ1) is 28.3. The highest BCUT2D eigenvalue weighted by molar-refractivity contribution is 5.96. The van der Waals surface area contributed by atoms with E-state index in [2.05, 4.69) is 44.9 Å². The molecule has 4 amide bonds. The Morgan fingerprint density at radius 3 is 1.05 bits per heavy atom. The van der Waals surface area contributed by atoms with Crippen molar-refractivity contribution in [2.45, 2.75) is 26.4 Å². The molecule has 3 aromatic carbocycles. The van der Waals surface area contributed by atoms with E-state index in [1.54, 1.807) is 39.0 Å². The first-order valence-corrected chi connectivity index (χ1v) is 18.1. The van der Waals surface area contributed by atoms with E-state index in [9.17, 15) is 19.2 Å². The molecule has 0 aliphatic heterocycles. The second-order valence-electron chi connectivity index (χ2n) is 12.9. The van der Waals surface area contributed by atoms with Gasteiger partial charge in [-0.25, -0.2) is 4.79 Å². The van der Waals surface area contributed by atoms with Crippen LogP contribution in [-0.4, -0.2) is 95.2 Å². The molecule has 0 radical (unpaired) electrons. The highest BCUT2D eigenvalue weighted by atomic mass is 16.6. The van der Waals surface area contributed by atoms with Crippen molar-refractivity contribution < 1.29 is 52.3 Å². The van der Waals surface area contributed by atoms with Crippen molar-refractivity contribution in [3.05, 3.63) is 71.3 Å². The van der Waals surface area contributed by atoms with Gasteiger partial charge in [-0.05, 0) is 57.2 Å². The number of rotatable bonds is 22. The van der Waals surface area contributed by atoms with Crippen molar-refractivity contribution in [2.24, 2.45) is 0 Å². The predicted molar refractivity (Wildman–Crippen MR) is 219 cm³/mol. The van der Waals surface area contributed by atoms with E-state index < -0.39 is 29.4 Å². The normalized spacial score (nSPS) is 10.2. The molecule has 0 saturated carbocycles. The number of nitrogens with one attached hydrogen (secondary N) is 4. The summed E-state index contributed by atoms with van der Waals surface area (Å²) in [6.45, 7) is 5.46. The third kappa shape index (κ3) is 17.4. The summed E-state index contributed by atoms with van der Waals surface area (Å²) >= 11 is 0. The lowest BCUT2D eigenvalue weighted by Gasteiger charge is -2.19. The Labute approximate surface area is 344 Å². The summed E-state index contributed by atoms with van der Waals surface area (Å²) in [6.07, 6.45) is 20.6. The molecule has 15 nitrogen and oxygen atoms in total. The minimum Gasteiger partial charge on any atom is -0.492 e. The van der Waals surface area contributed by atoms with Crippen LogP contribution in [0.25, 0.3) is 0 Å². The van der Waals surface area contributed by atoms with Crippen LogP contribution in [0.2, 0.25) is 0 Å². The molecule has 0 fully saturated rings. The summed E-state index contributed by atoms with van der Waals surface area (Å²) in [7, 11) is 0. The van der Waals surface area contributed by atoms with E-state index in [1.165, 1.54) is 36.4 Å². The molecule has 308 valence electrons. The van der Waals surface area contributed by atoms with E-state index in [0.29, 0.717) is 23.0 Å². The lowest BCUT2D eigenvalue weighted by Crippen LogP contribution is -2.37. The molecule has 0 aliphatic carbocycles. The van der Waals surface area contributed by atoms with Crippen LogP contribution >= 0.6 is 0 Å². The fourth-order valence-electron chi connectivity index (χ4n) is 4.74. The average Bonchev–Trinajstić information content (AvgIpc) is 3.21. The summed E-state index contributed by atoms with van der Waals surface area (Å²) < 4.78 is 38.9. The molecule has 0 aromatic heterocycles. The molecule has 3 aromatic rings. The van der Waals surface area contributed by atoms with Crippen molar-refractivity contribution in [3.63, 3.8) is 0 Å². The minimum atomic E-state index is -0.678. The van der Waals surface area contributed by atoms with Gasteiger partial charge in [0.1, 0.15) is 79.7 Å². The molecule has 59 heavy (non-hydrogen) atoms. The van der Waals surface area contributed by atoms with E-state index in [-0.39, 0.29) is 94.0 Å². The van der Waals surface area contributed by atoms with Gasteiger partial charge in [-0.15, -0.1) is 25.7 Å². The third-order valence-corrected chi connectivity index (χ3v) is 7.11. The number of ether oxygens (including phenoxy) is 7. The number of benzene rings is 3. The zero-order valence-corrected chi connectivity index (χ0v) is 33.1. The van der Waals surface area contributed by atoms with E-state index in [0.717, 1.165) is 0 Å². The summed E-state index contributed by atoms with van der Waals surface area (Å²) in [5.74, 6) is 9.83. The number of carbonyl (C=O) groups excluding carboxylic acids is 4. The molecule has 4 N–H and O–H groups in total. The zero-order chi connectivity index (χ0) is 43.0. The molecule has 0 unspecified atom stereocenters. The molecule has 0 atom stereocenters. The van der Waals surface area contributed by atoms with Crippen LogP contribution in [0.4, 0.5) is 4.79 Å². The van der Waals surface area contributed by atoms with Gasteiger partial charge in [0.2, 0.25) is 0 Å². The maximum atomic E-state index is 13.2. The van der Waals surface area contributed by atoms with Gasteiger partial charge in [-0.1, -0.05) is 23.7 Å². The van der Waals surface area contributed by atoms with Gasteiger partial charge in [-0.3, -0.25) is 14.4 Å². The Hall–Kier alpha value is -7.62. The molecular formula is C44H46N4O11. The van der Waals surface area contributed by atoms with Crippen molar-refractivity contribution in [1.82, 2.24) is 21.3 Å². The quantitative estimate of drug-likeness (QED) is 0.0861. The number of amides is 4. The summed E-state index contributed by atoms with van der Waals surface area (Å²) in [5.41, 5.74) is -0.0367. The van der Waals surface area contributed by atoms with Crippen molar-refractivity contribution in [3.8, 4) is 83.9 Å². The highest BCUT2D eigenvalue weighted by Gasteiger charge is 2.17. The lowest BCUT2D eigenvalue weighted by molar-refractivity contribution is 0.0526. The average molecular weight is 807 g/mol. The van der Waals surface area contributed by atoms with E-state index in [1.807, 2.05) is 0 Å². The number of hydrogen-bond acceptors (Lipinski definition) is 11. The predicted octanol–water partition coefficient (Wildman–Crippen LogP) is 3.61. The topological polar surface area (TPSA) is 181 Å². The number of carbonyl (C=O) groups is 4. The van der Waals surface area contributed by atoms with Crippen LogP contribution in [0.15, 0.2) is 54.6 Å². The lowest BCUT2D eigenvalue weighted by atomic mass is 10.2. The van der Waals surface area contributed by atoms with Crippen molar-refractivity contribution >= 4 is 23.8 Å². The van der Waals surface area contributed by atoms with Gasteiger partial charge < -0.3 is 54.4 Å². The van der Waals surface area contributed by atoms with Gasteiger partial charge in [0, 0.05) is 48.0 Å². The maximum Gasteiger partial charge on any atom is 0.407 e. The first-order valence-electron chi connectivity index (χ1n) is 18.1. The Morgan fingerprint density at radius 2 is 0.746 bits per heavy atom. The Balaban J connectivity index is 1.67. The number of terminal acetylenes is 4. The number of hydrogen-bond donors (Lipinski definition) is 4. The minimum absolute atomic E-state index is 0.00296. The van der Waals surface area contributed by atoms with E-state index in [4.69, 9.17) is 58.9 Å². The van der Waals surface area contributed by atoms with Crippen LogP contribution in [0.1, 0.15) is 51.8 Å². The molecule has 0 heterocycles. The Bertz CT molecular complexity index is 1910. The standard InChI is InChI=1S/C44H46N4O11/c1-8-16-53-34-22-32(23-35(28-34)54-17-9-2)41(50)46-14-20-57-38-26-31(40(49)45-12-13-48-43(52)59-44(5,6)7)27-39(30-38)58-21-15-47-42(51)33-24-36(55-18-10-3)29-37(25-33)56-19-11-4/h1-4,22-30H,12-21H2,5-7H3,(H,45,49)(H,46,50)(H,47,51)(H,48,52). The zero-order valence-electron chi connectivity index (χ0n) is 33.1. The SMILES string of the molecule is C#CCOc1cc(OCC#C)cc(C(=O)NCCOc2cc(OCCNC(=O)c3cc(OCC#C)cc(OCC#C)c3)cc(C(=O)NCCNC(=O)OC(C)(C)C)c2)c1. The maximum absolute atomic E-state index is 13.2. The fraction of sp³-hybridized carbons (Fsp3) is 0.318. The monoisotopic (exact) mass is 806 g/mol. The highest BCUT2D eigenvalue weighted by Crippen LogP contribution is 2.26. The Kier molecular flexibility index (Phi) is 18.7. The van der Waals surface area contributed by atoms with Gasteiger partial charge in [0.25, 0.3) is 17.7 Å². The van der Waals surface area contributed by atoms with E-state index >= 15 is 0 Å². The van der Waals surface area contributed by atoms with Gasteiger partial charge in [0.05, 0.1) is 13.1 Å². The third-order valence-electron chi connectivity index (χ3n) is 7.11. The molecule has 3 rings (SSSR count). The van der Waals surface area contributed by atoms with Crippen LogP contribution < -0.4 is 49.7 Å². The second kappa shape index (κ2) is 24.1. The summed E-state index contributed by atoms with van der Waals surface area (Å²) in [4.78, 5) is 51.2. The van der Waals surface area contributed by atoms with Crippen LogP contribution in [0.5, 0.6) is 34.5 Å². The van der Waals surface area contributed by atoms with Crippen LogP contribution in [0.3, 0.4) is 0 Å². The van der Waals surface area contributed by atoms with Gasteiger partial charge in [-0.2, -0.15) is 0 Å². The second-order valence-corrected chi connectivity index (χ2v) is 12.9. The molecule has 0 spiro atoms. The molecule has 15 heteroatoms. The van der Waals surface area contributed by atoms with Crippen molar-refractivity contribution in [2.75, 3.05) is 65.8 Å². The van der Waals surface area contributed by atoms with Crippen LogP contribution in [0, 0.1) is 49.4 Å². The smallest absolute Gasteiger partial charge is 0.407 e. The molecular weight excluding hydrogens is 761 g/mol. The molecule has 0 aliphatic rings. The van der Waals surface area contributed by atoms with Crippen molar-refractivity contribution in [1.29, 1.82) is 0 Å². The first kappa shape index (κ1) is 45.8. The van der Waals surface area contributed by atoms with Gasteiger partial charge in [0.15, 0.2) is 0 Å². The molecule has 0 saturated heterocycles. The Morgan fingerprint density at radius 1 is 0.458 bits per heavy atom. The summed E-state index contributed by atoms with van der Waals surface area (Å²) in [5, 5.41) is 10.8. The fourth-order valence-corrected chi connectivity index (χ4v) is 4.74. The molecule has 0 bridgehead atoms.